The SMILES string of the molecule is C[C@@H]1C[C@@H]1c1ccc(CN(C)C(=O)c2cccc(S(N)(=O)=O)c2)o1. The van der Waals surface area contributed by atoms with Gasteiger partial charge < -0.3 is 9.32 Å². The molecule has 1 saturated carbocycles. The number of sulfonamides is 1. The second-order valence-corrected chi connectivity index (χ2v) is 7.92. The van der Waals surface area contributed by atoms with E-state index >= 15 is 0 Å². The minimum Gasteiger partial charge on any atom is -0.464 e. The smallest absolute Gasteiger partial charge is 0.254 e. The van der Waals surface area contributed by atoms with Crippen molar-refractivity contribution in [3.8, 4) is 0 Å². The number of nitrogens with two attached hydrogens (primary N) is 1. The number of furan rings is 1. The Balaban J connectivity index is 1.72. The summed E-state index contributed by atoms with van der Waals surface area (Å²) in [5, 5.41) is 5.11. The van der Waals surface area contributed by atoms with E-state index in [9.17, 15) is 13.2 Å². The van der Waals surface area contributed by atoms with Gasteiger partial charge in [0.15, 0.2) is 0 Å². The van der Waals surface area contributed by atoms with Crippen molar-refractivity contribution in [2.75, 3.05) is 7.05 Å². The van der Waals surface area contributed by atoms with Crippen molar-refractivity contribution in [3.05, 3.63) is 53.5 Å². The molecule has 2 N–H and O–H groups in total. The Labute approximate surface area is 141 Å². The van der Waals surface area contributed by atoms with Gasteiger partial charge in [0.2, 0.25) is 10.0 Å². The van der Waals surface area contributed by atoms with E-state index < -0.39 is 10.0 Å². The highest BCUT2D eigenvalue weighted by Crippen LogP contribution is 2.47. The van der Waals surface area contributed by atoms with E-state index in [1.807, 2.05) is 12.1 Å². The average molecular weight is 348 g/mol. The average Bonchev–Trinajstić information content (AvgIpc) is 3.08. The maximum absolute atomic E-state index is 12.5. The molecule has 1 amide bonds. The van der Waals surface area contributed by atoms with E-state index in [1.165, 1.54) is 23.1 Å². The molecule has 2 aromatic rings. The number of carbonyl (C=O) groups is 1. The summed E-state index contributed by atoms with van der Waals surface area (Å²) >= 11 is 0. The van der Waals surface area contributed by atoms with Crippen LogP contribution in [0.25, 0.3) is 0 Å². The number of benzene rings is 1. The Kier molecular flexibility index (Phi) is 4.23. The Bertz CT molecular complexity index is 872. The van der Waals surface area contributed by atoms with Gasteiger partial charge in [-0.15, -0.1) is 0 Å². The zero-order valence-corrected chi connectivity index (χ0v) is 14.4. The number of nitrogens with zero attached hydrogens (tertiary/aromatic N) is 1. The summed E-state index contributed by atoms with van der Waals surface area (Å²) in [6.07, 6.45) is 1.14. The molecule has 1 aliphatic rings. The predicted molar refractivity (Wildman–Crippen MR) is 88.8 cm³/mol. The van der Waals surface area contributed by atoms with Crippen LogP contribution >= 0.6 is 0 Å². The predicted octanol–water partition coefficient (Wildman–Crippen LogP) is 2.32. The zero-order valence-electron chi connectivity index (χ0n) is 13.6. The van der Waals surface area contributed by atoms with Crippen LogP contribution < -0.4 is 5.14 Å². The quantitative estimate of drug-likeness (QED) is 0.897. The first-order chi connectivity index (χ1) is 11.3. The van der Waals surface area contributed by atoms with Crippen LogP contribution in [0.15, 0.2) is 45.7 Å². The summed E-state index contributed by atoms with van der Waals surface area (Å²) in [6.45, 7) is 2.50. The third-order valence-corrected chi connectivity index (χ3v) is 5.22. The van der Waals surface area contributed by atoms with Gasteiger partial charge in [0.1, 0.15) is 11.5 Å². The van der Waals surface area contributed by atoms with Crippen molar-refractivity contribution in [1.29, 1.82) is 0 Å². The molecule has 6 nitrogen and oxygen atoms in total. The minimum absolute atomic E-state index is 0.0789. The summed E-state index contributed by atoms with van der Waals surface area (Å²) in [4.78, 5) is 13.9. The largest absolute Gasteiger partial charge is 0.464 e. The molecular formula is C17H20N2O4S. The van der Waals surface area contributed by atoms with Crippen LogP contribution in [-0.2, 0) is 16.6 Å². The zero-order chi connectivity index (χ0) is 17.5. The lowest BCUT2D eigenvalue weighted by atomic mass is 10.2. The van der Waals surface area contributed by atoms with Gasteiger partial charge in [-0.25, -0.2) is 13.6 Å². The molecule has 0 saturated heterocycles. The Morgan fingerprint density at radius 1 is 1.33 bits per heavy atom. The Morgan fingerprint density at radius 3 is 2.67 bits per heavy atom. The van der Waals surface area contributed by atoms with Crippen LogP contribution in [0.2, 0.25) is 0 Å². The number of primary sulfonamides is 1. The first-order valence-corrected chi connectivity index (χ1v) is 9.27. The van der Waals surface area contributed by atoms with Crippen LogP contribution in [0.3, 0.4) is 0 Å². The van der Waals surface area contributed by atoms with E-state index in [0.717, 1.165) is 12.2 Å². The molecule has 24 heavy (non-hydrogen) atoms. The third-order valence-electron chi connectivity index (χ3n) is 4.31. The number of hydrogen-bond acceptors (Lipinski definition) is 4. The van der Waals surface area contributed by atoms with E-state index in [1.54, 1.807) is 13.1 Å². The van der Waals surface area contributed by atoms with Crippen molar-refractivity contribution in [2.45, 2.75) is 30.7 Å². The molecule has 1 aromatic heterocycles. The highest BCUT2D eigenvalue weighted by Gasteiger charge is 2.36. The van der Waals surface area contributed by atoms with Gasteiger partial charge in [0.25, 0.3) is 5.91 Å². The fourth-order valence-electron chi connectivity index (χ4n) is 2.73. The van der Waals surface area contributed by atoms with Crippen LogP contribution in [0.4, 0.5) is 0 Å². The van der Waals surface area contributed by atoms with Gasteiger partial charge in [0.05, 0.1) is 11.4 Å². The molecule has 1 aromatic carbocycles. The topological polar surface area (TPSA) is 93.6 Å². The van der Waals surface area contributed by atoms with Crippen molar-refractivity contribution >= 4 is 15.9 Å². The Hall–Kier alpha value is -2.12. The van der Waals surface area contributed by atoms with Crippen LogP contribution in [0, 0.1) is 5.92 Å². The van der Waals surface area contributed by atoms with Gasteiger partial charge in [-0.3, -0.25) is 4.79 Å². The van der Waals surface area contributed by atoms with Gasteiger partial charge in [-0.05, 0) is 42.7 Å². The molecule has 2 atom stereocenters. The second kappa shape index (κ2) is 6.07. The van der Waals surface area contributed by atoms with Gasteiger partial charge in [0, 0.05) is 18.5 Å². The summed E-state index contributed by atoms with van der Waals surface area (Å²) in [5.41, 5.74) is 0.270. The highest BCUT2D eigenvalue weighted by atomic mass is 32.2. The minimum atomic E-state index is -3.84. The fourth-order valence-corrected chi connectivity index (χ4v) is 3.29. The lowest BCUT2D eigenvalue weighted by Gasteiger charge is -2.16. The molecule has 1 fully saturated rings. The van der Waals surface area contributed by atoms with Crippen LogP contribution in [0.1, 0.15) is 41.1 Å². The fraction of sp³-hybridized carbons (Fsp3) is 0.353. The summed E-state index contributed by atoms with van der Waals surface area (Å²) in [6, 6.07) is 9.55. The monoisotopic (exact) mass is 348 g/mol. The van der Waals surface area contributed by atoms with Crippen molar-refractivity contribution in [1.82, 2.24) is 4.90 Å². The van der Waals surface area contributed by atoms with E-state index in [4.69, 9.17) is 9.56 Å². The standard InChI is InChI=1S/C17H20N2O4S/c1-11-8-15(11)16-7-6-13(23-16)10-19(2)17(20)12-4-3-5-14(9-12)24(18,21)22/h3-7,9,11,15H,8,10H2,1-2H3,(H2,18,21,22)/t11-,15+/m1/s1. The molecule has 7 heteroatoms. The number of rotatable bonds is 5. The van der Waals surface area contributed by atoms with Crippen LogP contribution in [0.5, 0.6) is 0 Å². The van der Waals surface area contributed by atoms with Crippen molar-refractivity contribution < 1.29 is 17.6 Å². The molecule has 0 aliphatic heterocycles. The van der Waals surface area contributed by atoms with Gasteiger partial charge in [-0.1, -0.05) is 13.0 Å². The van der Waals surface area contributed by atoms with Crippen molar-refractivity contribution in [3.63, 3.8) is 0 Å². The van der Waals surface area contributed by atoms with Crippen molar-refractivity contribution in [2.24, 2.45) is 11.1 Å². The van der Waals surface area contributed by atoms with E-state index in [-0.39, 0.29) is 16.4 Å². The lowest BCUT2D eigenvalue weighted by Crippen LogP contribution is -2.26. The van der Waals surface area contributed by atoms with E-state index in [0.29, 0.717) is 24.1 Å². The number of hydrogen-bond donors (Lipinski definition) is 1. The lowest BCUT2D eigenvalue weighted by molar-refractivity contribution is 0.0774. The van der Waals surface area contributed by atoms with Crippen LogP contribution in [-0.4, -0.2) is 26.3 Å². The molecule has 0 bridgehead atoms. The molecule has 0 spiro atoms. The molecule has 1 heterocycles. The van der Waals surface area contributed by atoms with Gasteiger partial charge in [-0.2, -0.15) is 0 Å². The molecule has 1 aliphatic carbocycles. The second-order valence-electron chi connectivity index (χ2n) is 6.36. The molecule has 0 unspecified atom stereocenters. The normalized spacial score (nSPS) is 20.0. The number of carbonyl (C=O) groups excluding carboxylic acids is 1. The maximum Gasteiger partial charge on any atom is 0.254 e. The number of amides is 1. The molecular weight excluding hydrogens is 328 g/mol. The highest BCUT2D eigenvalue weighted by molar-refractivity contribution is 7.89. The molecule has 0 radical (unpaired) electrons. The third kappa shape index (κ3) is 3.52. The summed E-state index contributed by atoms with van der Waals surface area (Å²) in [5.74, 6) is 2.53. The summed E-state index contributed by atoms with van der Waals surface area (Å²) in [7, 11) is -2.19. The van der Waals surface area contributed by atoms with Gasteiger partial charge >= 0.3 is 0 Å². The molecule has 128 valence electrons. The molecule has 3 rings (SSSR count). The first kappa shape index (κ1) is 16.7. The summed E-state index contributed by atoms with van der Waals surface area (Å²) < 4.78 is 28.6. The first-order valence-electron chi connectivity index (χ1n) is 7.72. The Morgan fingerprint density at radius 2 is 2.04 bits per heavy atom. The van der Waals surface area contributed by atoms with E-state index in [2.05, 4.69) is 6.92 Å². The maximum atomic E-state index is 12.5.